The van der Waals surface area contributed by atoms with Crippen molar-refractivity contribution in [2.45, 2.75) is 26.2 Å². The summed E-state index contributed by atoms with van der Waals surface area (Å²) in [6.45, 7) is 2.70. The molecule has 3 aromatic rings. The first kappa shape index (κ1) is 18.0. The van der Waals surface area contributed by atoms with Crippen molar-refractivity contribution in [3.8, 4) is 23.1 Å². The van der Waals surface area contributed by atoms with Crippen molar-refractivity contribution >= 4 is 5.91 Å². The molecule has 1 aliphatic rings. The van der Waals surface area contributed by atoms with Crippen LogP contribution < -0.4 is 14.8 Å². The van der Waals surface area contributed by atoms with Crippen molar-refractivity contribution in [3.63, 3.8) is 0 Å². The number of ether oxygens (including phenoxy) is 2. The van der Waals surface area contributed by atoms with Crippen LogP contribution >= 0.6 is 0 Å². The van der Waals surface area contributed by atoms with Crippen LogP contribution in [0.3, 0.4) is 0 Å². The Hall–Kier alpha value is -3.36. The minimum Gasteiger partial charge on any atom is -0.454 e. The van der Waals surface area contributed by atoms with E-state index in [1.54, 1.807) is 4.68 Å². The predicted molar refractivity (Wildman–Crippen MR) is 98.8 cm³/mol. The van der Waals surface area contributed by atoms with E-state index >= 15 is 0 Å². The fourth-order valence-corrected chi connectivity index (χ4v) is 3.02. The fourth-order valence-electron chi connectivity index (χ4n) is 3.02. The Kier molecular flexibility index (Phi) is 4.96. The van der Waals surface area contributed by atoms with Gasteiger partial charge in [-0.15, -0.1) is 10.2 Å². The predicted octanol–water partition coefficient (Wildman–Crippen LogP) is 1.80. The molecule has 0 atom stereocenters. The van der Waals surface area contributed by atoms with Crippen molar-refractivity contribution < 1.29 is 18.7 Å². The van der Waals surface area contributed by atoms with Gasteiger partial charge >= 0.3 is 0 Å². The molecule has 0 fully saturated rings. The summed E-state index contributed by atoms with van der Waals surface area (Å²) in [5.74, 6) is 2.28. The lowest BCUT2D eigenvalue weighted by Crippen LogP contribution is -2.25. The van der Waals surface area contributed by atoms with Crippen molar-refractivity contribution in [2.75, 3.05) is 13.3 Å². The number of rotatable bonds is 7. The lowest BCUT2D eigenvalue weighted by atomic mass is 10.1. The highest BCUT2D eigenvalue weighted by Gasteiger charge is 2.15. The van der Waals surface area contributed by atoms with E-state index in [1.165, 1.54) is 0 Å². The molecule has 28 heavy (non-hydrogen) atoms. The summed E-state index contributed by atoms with van der Waals surface area (Å²) in [5, 5.41) is 15.2. The summed E-state index contributed by atoms with van der Waals surface area (Å²) in [5.41, 5.74) is 2.71. The van der Waals surface area contributed by atoms with Gasteiger partial charge < -0.3 is 19.2 Å². The molecule has 1 aromatic carbocycles. The van der Waals surface area contributed by atoms with Gasteiger partial charge in [-0.3, -0.25) is 9.48 Å². The lowest BCUT2D eigenvalue weighted by Gasteiger charge is -2.05. The van der Waals surface area contributed by atoms with Crippen LogP contribution in [0.4, 0.5) is 0 Å². The Bertz CT molecular complexity index is 994. The number of hydrogen-bond donors (Lipinski definition) is 1. The number of nitrogens with zero attached hydrogens (tertiary/aromatic N) is 4. The van der Waals surface area contributed by atoms with Crippen LogP contribution in [-0.4, -0.2) is 39.2 Å². The smallest absolute Gasteiger partial charge is 0.265 e. The first-order valence-electron chi connectivity index (χ1n) is 9.07. The minimum atomic E-state index is -0.0585. The molecule has 0 bridgehead atoms. The Labute approximate surface area is 161 Å². The maximum atomic E-state index is 12.1. The highest BCUT2D eigenvalue weighted by atomic mass is 16.7. The van der Waals surface area contributed by atoms with Crippen LogP contribution in [0.1, 0.15) is 23.6 Å². The van der Waals surface area contributed by atoms with E-state index in [2.05, 4.69) is 20.6 Å². The zero-order valence-electron chi connectivity index (χ0n) is 15.8. The van der Waals surface area contributed by atoms with Gasteiger partial charge in [0.15, 0.2) is 11.5 Å². The van der Waals surface area contributed by atoms with Crippen LogP contribution in [-0.2, 0) is 24.7 Å². The summed E-state index contributed by atoms with van der Waals surface area (Å²) in [7, 11) is 1.82. The topological polar surface area (TPSA) is 104 Å². The molecule has 0 aliphatic carbocycles. The first-order chi connectivity index (χ1) is 13.6. The largest absolute Gasteiger partial charge is 0.454 e. The number of carbonyl (C=O) groups is 1. The zero-order chi connectivity index (χ0) is 19.5. The molecule has 0 spiro atoms. The van der Waals surface area contributed by atoms with Crippen LogP contribution in [0.5, 0.6) is 11.5 Å². The molecule has 9 nitrogen and oxygen atoms in total. The van der Waals surface area contributed by atoms with E-state index in [0.717, 1.165) is 28.5 Å². The molecule has 146 valence electrons. The van der Waals surface area contributed by atoms with Gasteiger partial charge in [-0.1, -0.05) is 6.07 Å². The van der Waals surface area contributed by atoms with E-state index in [9.17, 15) is 4.79 Å². The maximum absolute atomic E-state index is 12.1. The second-order valence-electron chi connectivity index (χ2n) is 6.58. The molecule has 0 saturated carbocycles. The summed E-state index contributed by atoms with van der Waals surface area (Å²) in [4.78, 5) is 12.1. The van der Waals surface area contributed by atoms with E-state index in [1.807, 2.05) is 38.2 Å². The Morgan fingerprint density at radius 1 is 1.18 bits per heavy atom. The highest BCUT2D eigenvalue weighted by molar-refractivity contribution is 5.76. The summed E-state index contributed by atoms with van der Waals surface area (Å²) in [6, 6.07) is 7.67. The fraction of sp³-hybridized carbons (Fsp3) is 0.368. The number of fused-ring (bicyclic) bond motifs is 1. The van der Waals surface area contributed by atoms with Crippen molar-refractivity contribution in [2.24, 2.45) is 7.05 Å². The third-order valence-electron chi connectivity index (χ3n) is 4.43. The molecule has 2 aromatic heterocycles. The number of aryl methyl sites for hydroxylation is 3. The average molecular weight is 383 g/mol. The van der Waals surface area contributed by atoms with E-state index in [-0.39, 0.29) is 19.1 Å². The molecular weight excluding hydrogens is 362 g/mol. The van der Waals surface area contributed by atoms with Gasteiger partial charge in [0.1, 0.15) is 5.69 Å². The summed E-state index contributed by atoms with van der Waals surface area (Å²) < 4.78 is 18.0. The molecule has 0 radical (unpaired) electrons. The molecular formula is C19H21N5O4. The van der Waals surface area contributed by atoms with Crippen LogP contribution in [0.2, 0.25) is 0 Å². The number of hydrogen-bond acceptors (Lipinski definition) is 7. The number of amides is 1. The van der Waals surface area contributed by atoms with E-state index < -0.39 is 0 Å². The Morgan fingerprint density at radius 2 is 2.04 bits per heavy atom. The third-order valence-corrected chi connectivity index (χ3v) is 4.43. The van der Waals surface area contributed by atoms with Crippen LogP contribution in [0.25, 0.3) is 11.6 Å². The van der Waals surface area contributed by atoms with Crippen LogP contribution in [0, 0.1) is 6.92 Å². The number of nitrogens with one attached hydrogen (secondary N) is 1. The quantitative estimate of drug-likeness (QED) is 0.663. The molecule has 0 saturated heterocycles. The molecule has 0 unspecified atom stereocenters. The molecule has 1 amide bonds. The Balaban J connectivity index is 1.23. The SMILES string of the molecule is Cc1cc(-c2nnc(CCC(=O)NCCc3ccc4c(c3)OCO4)o2)n(C)n1. The normalized spacial score (nSPS) is 12.4. The Morgan fingerprint density at radius 3 is 2.86 bits per heavy atom. The second kappa shape index (κ2) is 7.71. The second-order valence-corrected chi connectivity index (χ2v) is 6.58. The molecule has 9 heteroatoms. The van der Waals surface area contributed by atoms with Gasteiger partial charge in [-0.2, -0.15) is 5.10 Å². The minimum absolute atomic E-state index is 0.0585. The third kappa shape index (κ3) is 3.98. The van der Waals surface area contributed by atoms with Crippen molar-refractivity contribution in [1.82, 2.24) is 25.3 Å². The molecule has 1 aliphatic heterocycles. The van der Waals surface area contributed by atoms with Crippen molar-refractivity contribution in [3.05, 3.63) is 41.4 Å². The maximum Gasteiger partial charge on any atom is 0.265 e. The standard InChI is InChI=1S/C19H21N5O4/c1-12-9-14(24(2)23-12)19-22-21-18(28-19)6-5-17(25)20-8-7-13-3-4-15-16(10-13)27-11-26-15/h3-4,9-10H,5-8,11H2,1-2H3,(H,20,25). The molecule has 1 N–H and O–H groups in total. The molecule has 4 rings (SSSR count). The number of carbonyl (C=O) groups excluding carboxylic acids is 1. The van der Waals surface area contributed by atoms with E-state index in [0.29, 0.717) is 31.2 Å². The van der Waals surface area contributed by atoms with Gasteiger partial charge in [-0.25, -0.2) is 0 Å². The van der Waals surface area contributed by atoms with Crippen molar-refractivity contribution in [1.29, 1.82) is 0 Å². The van der Waals surface area contributed by atoms with Gasteiger partial charge in [0.05, 0.1) is 5.69 Å². The van der Waals surface area contributed by atoms with Gasteiger partial charge in [0, 0.05) is 26.4 Å². The van der Waals surface area contributed by atoms with Gasteiger partial charge in [0.2, 0.25) is 18.6 Å². The monoisotopic (exact) mass is 383 g/mol. The highest BCUT2D eigenvalue weighted by Crippen LogP contribution is 2.32. The number of aromatic nitrogens is 4. The zero-order valence-corrected chi connectivity index (χ0v) is 15.8. The van der Waals surface area contributed by atoms with Gasteiger partial charge in [0.25, 0.3) is 5.89 Å². The van der Waals surface area contributed by atoms with E-state index in [4.69, 9.17) is 13.9 Å². The van der Waals surface area contributed by atoms with Gasteiger partial charge in [-0.05, 0) is 37.1 Å². The first-order valence-corrected chi connectivity index (χ1v) is 9.07. The summed E-state index contributed by atoms with van der Waals surface area (Å²) in [6.07, 6.45) is 1.39. The molecule has 3 heterocycles. The number of benzene rings is 1. The summed E-state index contributed by atoms with van der Waals surface area (Å²) >= 11 is 0. The lowest BCUT2D eigenvalue weighted by molar-refractivity contribution is -0.121. The van der Waals surface area contributed by atoms with Crippen LogP contribution in [0.15, 0.2) is 28.7 Å². The average Bonchev–Trinajstić information content (AvgIpc) is 3.39.